The third kappa shape index (κ3) is 3.66. The highest BCUT2D eigenvalue weighted by Crippen LogP contribution is 2.22. The lowest BCUT2D eigenvalue weighted by molar-refractivity contribution is -0.386. The average Bonchev–Trinajstić information content (AvgIpc) is 2.37. The van der Waals surface area contributed by atoms with Crippen LogP contribution in [0.5, 0.6) is 5.88 Å². The molecule has 100 valence electrons. The van der Waals surface area contributed by atoms with Crippen molar-refractivity contribution in [2.24, 2.45) is 0 Å². The smallest absolute Gasteiger partial charge is 0.291 e. The van der Waals surface area contributed by atoms with E-state index in [0.717, 1.165) is 12.8 Å². The molecular weight excluding hydrogens is 234 g/mol. The van der Waals surface area contributed by atoms with Crippen LogP contribution in [0.3, 0.4) is 0 Å². The van der Waals surface area contributed by atoms with Crippen LogP contribution in [0.4, 0.5) is 5.69 Å². The number of nitro groups is 1. The summed E-state index contributed by atoms with van der Waals surface area (Å²) in [6.07, 6.45) is 2.49. The first-order valence-corrected chi connectivity index (χ1v) is 5.97. The van der Waals surface area contributed by atoms with Crippen molar-refractivity contribution < 1.29 is 9.66 Å². The van der Waals surface area contributed by atoms with Gasteiger partial charge in [0.2, 0.25) is 5.88 Å². The van der Waals surface area contributed by atoms with Crippen LogP contribution in [-0.2, 0) is 6.42 Å². The van der Waals surface area contributed by atoms with E-state index in [0.29, 0.717) is 18.0 Å². The molecule has 1 N–H and O–H groups in total. The van der Waals surface area contributed by atoms with Crippen molar-refractivity contribution in [3.05, 3.63) is 27.9 Å². The second kappa shape index (κ2) is 6.90. The molecule has 1 aromatic heterocycles. The lowest BCUT2D eigenvalue weighted by Crippen LogP contribution is -2.28. The fourth-order valence-corrected chi connectivity index (χ4v) is 1.83. The highest BCUT2D eigenvalue weighted by Gasteiger charge is 2.19. The summed E-state index contributed by atoms with van der Waals surface area (Å²) in [6, 6.07) is 3.14. The molecule has 0 aromatic carbocycles. The van der Waals surface area contributed by atoms with Crippen molar-refractivity contribution in [3.63, 3.8) is 0 Å². The van der Waals surface area contributed by atoms with Crippen molar-refractivity contribution in [3.8, 4) is 5.88 Å². The Bertz CT molecular complexity index is 410. The second-order valence-electron chi connectivity index (χ2n) is 4.05. The summed E-state index contributed by atoms with van der Waals surface area (Å²) in [4.78, 5) is 14.7. The quantitative estimate of drug-likeness (QED) is 0.593. The maximum atomic E-state index is 11.0. The van der Waals surface area contributed by atoms with Crippen LogP contribution in [0.1, 0.15) is 25.5 Å². The van der Waals surface area contributed by atoms with Crippen molar-refractivity contribution in [1.82, 2.24) is 10.3 Å². The number of nitrogens with zero attached hydrogens (tertiary/aromatic N) is 2. The number of hydrogen-bond acceptors (Lipinski definition) is 5. The zero-order chi connectivity index (χ0) is 13.5. The predicted molar refractivity (Wildman–Crippen MR) is 68.9 cm³/mol. The summed E-state index contributed by atoms with van der Waals surface area (Å²) < 4.78 is 5.01. The second-order valence-corrected chi connectivity index (χ2v) is 4.05. The molecule has 0 fully saturated rings. The first kappa shape index (κ1) is 14.4. The monoisotopic (exact) mass is 253 g/mol. The van der Waals surface area contributed by atoms with Gasteiger partial charge in [0.25, 0.3) is 5.69 Å². The van der Waals surface area contributed by atoms with Crippen LogP contribution >= 0.6 is 0 Å². The lowest BCUT2D eigenvalue weighted by Gasteiger charge is -2.14. The molecule has 1 rings (SSSR count). The molecular formula is C12H19N3O3. The molecule has 1 heterocycles. The topological polar surface area (TPSA) is 77.3 Å². The van der Waals surface area contributed by atoms with E-state index in [4.69, 9.17) is 4.74 Å². The number of pyridine rings is 1. The minimum absolute atomic E-state index is 0.0483. The standard InChI is InChI=1S/C12H19N3O3/c1-4-5-9(13-2)8-10-11(15(16)17)6-7-12(14-10)18-3/h6-7,9,13H,4-5,8H2,1-3H3. The largest absolute Gasteiger partial charge is 0.481 e. The number of hydrogen-bond donors (Lipinski definition) is 1. The third-order valence-corrected chi connectivity index (χ3v) is 2.82. The van der Waals surface area contributed by atoms with Crippen LogP contribution in [0.25, 0.3) is 0 Å². The molecule has 0 aliphatic rings. The predicted octanol–water partition coefficient (Wildman–Crippen LogP) is 1.93. The highest BCUT2D eigenvalue weighted by molar-refractivity contribution is 5.38. The van der Waals surface area contributed by atoms with Crippen molar-refractivity contribution >= 4 is 5.69 Å². The number of methoxy groups -OCH3 is 1. The van der Waals surface area contributed by atoms with E-state index >= 15 is 0 Å². The fourth-order valence-electron chi connectivity index (χ4n) is 1.83. The van der Waals surface area contributed by atoms with Crippen LogP contribution < -0.4 is 10.1 Å². The number of nitrogens with one attached hydrogen (secondary N) is 1. The Kier molecular flexibility index (Phi) is 5.51. The van der Waals surface area contributed by atoms with Gasteiger partial charge in [-0.1, -0.05) is 13.3 Å². The summed E-state index contributed by atoms with van der Waals surface area (Å²) in [5, 5.41) is 14.1. The van der Waals surface area contributed by atoms with Gasteiger partial charge in [-0.3, -0.25) is 10.1 Å². The molecule has 0 spiro atoms. The Morgan fingerprint density at radius 3 is 2.78 bits per heavy atom. The summed E-state index contributed by atoms with van der Waals surface area (Å²) in [7, 11) is 3.35. The molecule has 0 saturated heterocycles. The van der Waals surface area contributed by atoms with Gasteiger partial charge in [0.1, 0.15) is 5.69 Å². The van der Waals surface area contributed by atoms with E-state index in [-0.39, 0.29) is 11.7 Å². The molecule has 0 bridgehead atoms. The van der Waals surface area contributed by atoms with Gasteiger partial charge in [0.05, 0.1) is 12.0 Å². The molecule has 1 atom stereocenters. The fraction of sp³-hybridized carbons (Fsp3) is 0.583. The first-order chi connectivity index (χ1) is 8.62. The van der Waals surface area contributed by atoms with Gasteiger partial charge in [-0.15, -0.1) is 0 Å². The van der Waals surface area contributed by atoms with Crippen LogP contribution in [-0.4, -0.2) is 30.1 Å². The maximum absolute atomic E-state index is 11.0. The molecule has 6 nitrogen and oxygen atoms in total. The van der Waals surface area contributed by atoms with Gasteiger partial charge < -0.3 is 10.1 Å². The third-order valence-electron chi connectivity index (χ3n) is 2.82. The van der Waals surface area contributed by atoms with Gasteiger partial charge in [0.15, 0.2) is 0 Å². The van der Waals surface area contributed by atoms with Gasteiger partial charge in [-0.05, 0) is 13.5 Å². The Morgan fingerprint density at radius 2 is 2.28 bits per heavy atom. The van der Waals surface area contributed by atoms with Crippen LogP contribution in [0.15, 0.2) is 12.1 Å². The number of aromatic nitrogens is 1. The molecule has 18 heavy (non-hydrogen) atoms. The summed E-state index contributed by atoms with van der Waals surface area (Å²) >= 11 is 0. The summed E-state index contributed by atoms with van der Waals surface area (Å²) in [5.41, 5.74) is 0.513. The number of rotatable bonds is 7. The maximum Gasteiger partial charge on any atom is 0.291 e. The average molecular weight is 253 g/mol. The lowest BCUT2D eigenvalue weighted by atomic mass is 10.1. The molecule has 0 aliphatic carbocycles. The van der Waals surface area contributed by atoms with Crippen LogP contribution in [0, 0.1) is 10.1 Å². The molecule has 0 saturated carbocycles. The molecule has 0 amide bonds. The van der Waals surface area contributed by atoms with E-state index in [2.05, 4.69) is 17.2 Å². The normalized spacial score (nSPS) is 12.2. The van der Waals surface area contributed by atoms with Crippen molar-refractivity contribution in [2.45, 2.75) is 32.2 Å². The van der Waals surface area contributed by atoms with Crippen LogP contribution in [0.2, 0.25) is 0 Å². The zero-order valence-corrected chi connectivity index (χ0v) is 11.0. The number of ether oxygens (including phenoxy) is 1. The number of likely N-dealkylation sites (N-methyl/N-ethyl adjacent to an activating group) is 1. The van der Waals surface area contributed by atoms with E-state index in [1.54, 1.807) is 0 Å². The summed E-state index contributed by atoms with van der Waals surface area (Å²) in [6.45, 7) is 2.08. The zero-order valence-electron chi connectivity index (χ0n) is 11.0. The van der Waals surface area contributed by atoms with Crippen molar-refractivity contribution in [1.29, 1.82) is 0 Å². The first-order valence-electron chi connectivity index (χ1n) is 5.97. The Balaban J connectivity index is 2.99. The van der Waals surface area contributed by atoms with E-state index in [1.807, 2.05) is 7.05 Å². The van der Waals surface area contributed by atoms with Gasteiger partial charge >= 0.3 is 0 Å². The minimum Gasteiger partial charge on any atom is -0.481 e. The molecule has 1 unspecified atom stereocenters. The van der Waals surface area contributed by atoms with E-state index in [1.165, 1.54) is 19.2 Å². The van der Waals surface area contributed by atoms with Crippen molar-refractivity contribution in [2.75, 3.05) is 14.2 Å². The molecule has 1 aromatic rings. The Morgan fingerprint density at radius 1 is 1.56 bits per heavy atom. The van der Waals surface area contributed by atoms with E-state index < -0.39 is 4.92 Å². The van der Waals surface area contributed by atoms with Gasteiger partial charge in [-0.2, -0.15) is 0 Å². The Labute approximate surface area is 107 Å². The summed E-state index contributed by atoms with van der Waals surface area (Å²) in [5.74, 6) is 0.405. The SMILES string of the molecule is CCCC(Cc1nc(OC)ccc1[N+](=O)[O-])NC. The Hall–Kier alpha value is -1.69. The highest BCUT2D eigenvalue weighted by atomic mass is 16.6. The molecule has 0 aliphatic heterocycles. The van der Waals surface area contributed by atoms with Gasteiger partial charge in [-0.25, -0.2) is 4.98 Å². The molecule has 0 radical (unpaired) electrons. The minimum atomic E-state index is -0.402. The molecule has 6 heteroatoms. The van der Waals surface area contributed by atoms with Gasteiger partial charge in [0, 0.05) is 24.6 Å². The van der Waals surface area contributed by atoms with E-state index in [9.17, 15) is 10.1 Å².